The summed E-state index contributed by atoms with van der Waals surface area (Å²) in [7, 11) is 0. The van der Waals surface area contributed by atoms with Crippen molar-refractivity contribution in [3.63, 3.8) is 0 Å². The van der Waals surface area contributed by atoms with Gasteiger partial charge in [-0.2, -0.15) is 0 Å². The number of nitrogens with one attached hydrogen (secondary N) is 1. The van der Waals surface area contributed by atoms with Gasteiger partial charge in [-0.05, 0) is 25.5 Å². The van der Waals surface area contributed by atoms with Gasteiger partial charge in [0, 0.05) is 31.7 Å². The molecule has 5 heteroatoms. The lowest BCUT2D eigenvalue weighted by Gasteiger charge is -2.05. The molecule has 0 radical (unpaired) electrons. The third-order valence-corrected chi connectivity index (χ3v) is 2.56. The summed E-state index contributed by atoms with van der Waals surface area (Å²) in [6.07, 6.45) is 7.88. The third kappa shape index (κ3) is 3.41. The molecule has 5 nitrogen and oxygen atoms in total. The summed E-state index contributed by atoms with van der Waals surface area (Å²) < 4.78 is 2.02. The van der Waals surface area contributed by atoms with Crippen molar-refractivity contribution < 1.29 is 4.79 Å². The number of carbonyl (C=O) groups excluding carboxylic acids is 1. The summed E-state index contributed by atoms with van der Waals surface area (Å²) in [5, 5.41) is 2.86. The van der Waals surface area contributed by atoms with E-state index in [-0.39, 0.29) is 5.91 Å². The lowest BCUT2D eigenvalue weighted by molar-refractivity contribution is 0.0952. The topological polar surface area (TPSA) is 59.8 Å². The van der Waals surface area contributed by atoms with E-state index < -0.39 is 0 Å². The molecule has 0 aromatic carbocycles. The second-order valence-electron chi connectivity index (χ2n) is 4.10. The van der Waals surface area contributed by atoms with Crippen molar-refractivity contribution in [2.45, 2.75) is 19.9 Å². The Morgan fingerprint density at radius 1 is 1.50 bits per heavy atom. The van der Waals surface area contributed by atoms with Crippen molar-refractivity contribution in [1.82, 2.24) is 19.9 Å². The van der Waals surface area contributed by atoms with Crippen LogP contribution in [0.5, 0.6) is 0 Å². The molecule has 1 N–H and O–H groups in total. The summed E-state index contributed by atoms with van der Waals surface area (Å²) in [5.41, 5.74) is 1.60. The van der Waals surface area contributed by atoms with Crippen LogP contribution < -0.4 is 5.32 Å². The summed E-state index contributed by atoms with van der Waals surface area (Å²) in [5.74, 6) is -0.0788. The van der Waals surface area contributed by atoms with Gasteiger partial charge < -0.3 is 9.88 Å². The molecule has 0 fully saturated rings. The lowest BCUT2D eigenvalue weighted by atomic mass is 10.2. The lowest BCUT2D eigenvalue weighted by Crippen LogP contribution is -2.25. The van der Waals surface area contributed by atoms with Crippen molar-refractivity contribution in [2.75, 3.05) is 6.54 Å². The number of hydrogen-bond acceptors (Lipinski definition) is 3. The van der Waals surface area contributed by atoms with Crippen LogP contribution in [0.25, 0.3) is 0 Å². The fourth-order valence-electron chi connectivity index (χ4n) is 1.66. The van der Waals surface area contributed by atoms with Gasteiger partial charge >= 0.3 is 0 Å². The maximum Gasteiger partial charge on any atom is 0.252 e. The Hall–Kier alpha value is -2.17. The highest BCUT2D eigenvalue weighted by atomic mass is 16.1. The van der Waals surface area contributed by atoms with E-state index in [1.165, 1.54) is 0 Å². The molecule has 2 aromatic rings. The molecule has 0 spiro atoms. The smallest absolute Gasteiger partial charge is 0.252 e. The van der Waals surface area contributed by atoms with Crippen LogP contribution >= 0.6 is 0 Å². The molecular weight excluding hydrogens is 228 g/mol. The number of imidazole rings is 1. The van der Waals surface area contributed by atoms with Gasteiger partial charge in [0.25, 0.3) is 5.91 Å². The Morgan fingerprint density at radius 3 is 3.06 bits per heavy atom. The summed E-state index contributed by atoms with van der Waals surface area (Å²) in [6.45, 7) is 3.46. The van der Waals surface area contributed by atoms with Crippen LogP contribution in [0.1, 0.15) is 22.5 Å². The van der Waals surface area contributed by atoms with Gasteiger partial charge in [0.15, 0.2) is 0 Å². The Kier molecular flexibility index (Phi) is 4.06. The van der Waals surface area contributed by atoms with Crippen LogP contribution in [0.15, 0.2) is 37.1 Å². The minimum atomic E-state index is -0.0788. The number of hydrogen-bond donors (Lipinski definition) is 1. The highest BCUT2D eigenvalue weighted by molar-refractivity contribution is 5.93. The van der Waals surface area contributed by atoms with Crippen LogP contribution in [0.2, 0.25) is 0 Å². The standard InChI is InChI=1S/C13H16N4O/c1-11-9-17(10-16-11)7-3-6-15-13(18)12-4-2-5-14-8-12/h2,4-5,8-10H,3,6-7H2,1H3,(H,15,18). The molecule has 2 heterocycles. The Labute approximate surface area is 106 Å². The van der Waals surface area contributed by atoms with Crippen LogP contribution in [0.4, 0.5) is 0 Å². The Balaban J connectivity index is 1.71. The number of carbonyl (C=O) groups is 1. The van der Waals surface area contributed by atoms with Crippen LogP contribution in [0, 0.1) is 6.92 Å². The second kappa shape index (κ2) is 5.95. The monoisotopic (exact) mass is 244 g/mol. The van der Waals surface area contributed by atoms with Crippen molar-refractivity contribution in [2.24, 2.45) is 0 Å². The van der Waals surface area contributed by atoms with Crippen molar-refractivity contribution in [3.05, 3.63) is 48.3 Å². The molecule has 18 heavy (non-hydrogen) atoms. The molecule has 94 valence electrons. The highest BCUT2D eigenvalue weighted by Gasteiger charge is 2.03. The average Bonchev–Trinajstić information content (AvgIpc) is 2.81. The third-order valence-electron chi connectivity index (χ3n) is 2.56. The molecule has 2 aromatic heterocycles. The zero-order valence-electron chi connectivity index (χ0n) is 10.3. The molecule has 0 unspecified atom stereocenters. The van der Waals surface area contributed by atoms with E-state index in [1.807, 2.05) is 17.7 Å². The van der Waals surface area contributed by atoms with E-state index in [9.17, 15) is 4.79 Å². The number of pyridine rings is 1. The number of aromatic nitrogens is 3. The van der Waals surface area contributed by atoms with Gasteiger partial charge in [-0.25, -0.2) is 4.98 Å². The number of aryl methyl sites for hydroxylation is 2. The van der Waals surface area contributed by atoms with Gasteiger partial charge in [-0.1, -0.05) is 0 Å². The highest BCUT2D eigenvalue weighted by Crippen LogP contribution is 1.97. The van der Waals surface area contributed by atoms with Gasteiger partial charge in [0.1, 0.15) is 0 Å². The number of amides is 1. The average molecular weight is 244 g/mol. The molecule has 0 saturated heterocycles. The van der Waals surface area contributed by atoms with E-state index >= 15 is 0 Å². The molecule has 0 aliphatic carbocycles. The number of nitrogens with zero attached hydrogens (tertiary/aromatic N) is 3. The van der Waals surface area contributed by atoms with Crippen LogP contribution in [-0.2, 0) is 6.54 Å². The zero-order chi connectivity index (χ0) is 12.8. The van der Waals surface area contributed by atoms with E-state index in [0.29, 0.717) is 12.1 Å². The zero-order valence-corrected chi connectivity index (χ0v) is 10.3. The first-order valence-electron chi connectivity index (χ1n) is 5.92. The van der Waals surface area contributed by atoms with Gasteiger partial charge in [0.05, 0.1) is 17.6 Å². The fraction of sp³-hybridized carbons (Fsp3) is 0.308. The molecule has 0 aliphatic heterocycles. The first-order valence-corrected chi connectivity index (χ1v) is 5.92. The maximum absolute atomic E-state index is 11.7. The minimum absolute atomic E-state index is 0.0788. The molecule has 0 saturated carbocycles. The van der Waals surface area contributed by atoms with Gasteiger partial charge in [-0.3, -0.25) is 9.78 Å². The first kappa shape index (κ1) is 12.3. The summed E-state index contributed by atoms with van der Waals surface area (Å²) >= 11 is 0. The van der Waals surface area contributed by atoms with Gasteiger partial charge in [0.2, 0.25) is 0 Å². The molecule has 1 amide bonds. The molecular formula is C13H16N4O. The Morgan fingerprint density at radius 2 is 2.39 bits per heavy atom. The van der Waals surface area contributed by atoms with E-state index in [2.05, 4.69) is 15.3 Å². The van der Waals surface area contributed by atoms with E-state index in [4.69, 9.17) is 0 Å². The van der Waals surface area contributed by atoms with Crippen LogP contribution in [-0.4, -0.2) is 27.0 Å². The molecule has 0 bridgehead atoms. The molecule has 2 rings (SSSR count). The first-order chi connectivity index (χ1) is 8.75. The largest absolute Gasteiger partial charge is 0.352 e. The van der Waals surface area contributed by atoms with Crippen molar-refractivity contribution >= 4 is 5.91 Å². The van der Waals surface area contributed by atoms with E-state index in [1.54, 1.807) is 30.9 Å². The summed E-state index contributed by atoms with van der Waals surface area (Å²) in [6, 6.07) is 3.50. The Bertz CT molecular complexity index is 507. The second-order valence-corrected chi connectivity index (χ2v) is 4.10. The minimum Gasteiger partial charge on any atom is -0.352 e. The maximum atomic E-state index is 11.7. The van der Waals surface area contributed by atoms with Gasteiger partial charge in [-0.15, -0.1) is 0 Å². The quantitative estimate of drug-likeness (QED) is 0.809. The molecule has 0 atom stereocenters. The predicted molar refractivity (Wildman–Crippen MR) is 68.2 cm³/mol. The predicted octanol–water partition coefficient (Wildman–Crippen LogP) is 1.41. The number of rotatable bonds is 5. The van der Waals surface area contributed by atoms with Crippen molar-refractivity contribution in [1.29, 1.82) is 0 Å². The summed E-state index contributed by atoms with van der Waals surface area (Å²) in [4.78, 5) is 19.7. The normalized spacial score (nSPS) is 10.3. The van der Waals surface area contributed by atoms with Crippen LogP contribution in [0.3, 0.4) is 0 Å². The molecule has 0 aliphatic rings. The van der Waals surface area contributed by atoms with Crippen molar-refractivity contribution in [3.8, 4) is 0 Å². The van der Waals surface area contributed by atoms with E-state index in [0.717, 1.165) is 18.7 Å². The SMILES string of the molecule is Cc1cn(CCCNC(=O)c2cccnc2)cn1. The fourth-order valence-corrected chi connectivity index (χ4v) is 1.66.